The molecule has 0 aliphatic heterocycles. The van der Waals surface area contributed by atoms with Crippen LogP contribution in [0.4, 0.5) is 0 Å². The first-order valence-electron chi connectivity index (χ1n) is 5.84. The second-order valence-corrected chi connectivity index (χ2v) is 4.21. The monoisotopic (exact) mass is 239 g/mol. The van der Waals surface area contributed by atoms with Crippen LogP contribution in [0.3, 0.4) is 0 Å². The van der Waals surface area contributed by atoms with Crippen molar-refractivity contribution in [2.45, 2.75) is 13.2 Å². The minimum absolute atomic E-state index is 0.0293. The van der Waals surface area contributed by atoms with Gasteiger partial charge in [0.25, 0.3) is 0 Å². The Kier molecular flexibility index (Phi) is 2.78. The first kappa shape index (κ1) is 10.9. The van der Waals surface area contributed by atoms with E-state index in [2.05, 4.69) is 22.4 Å². The maximum Gasteiger partial charge on any atom is 0.113 e. The highest BCUT2D eigenvalue weighted by Crippen LogP contribution is 2.14. The minimum Gasteiger partial charge on any atom is -0.392 e. The highest BCUT2D eigenvalue weighted by atomic mass is 16.3. The molecule has 18 heavy (non-hydrogen) atoms. The number of aliphatic hydroxyl groups excluding tert-OH is 1. The number of hydrogen-bond acceptors (Lipinski definition) is 3. The van der Waals surface area contributed by atoms with Gasteiger partial charge in [-0.3, -0.25) is 0 Å². The molecule has 4 heteroatoms. The van der Waals surface area contributed by atoms with E-state index in [0.29, 0.717) is 6.54 Å². The zero-order valence-corrected chi connectivity index (χ0v) is 9.82. The van der Waals surface area contributed by atoms with Crippen molar-refractivity contribution in [2.24, 2.45) is 0 Å². The van der Waals surface area contributed by atoms with E-state index in [9.17, 15) is 0 Å². The van der Waals surface area contributed by atoms with Crippen LogP contribution in [0.15, 0.2) is 48.5 Å². The van der Waals surface area contributed by atoms with Crippen LogP contribution in [0.25, 0.3) is 11.0 Å². The van der Waals surface area contributed by atoms with Gasteiger partial charge in [0.2, 0.25) is 0 Å². The topological polar surface area (TPSA) is 50.9 Å². The van der Waals surface area contributed by atoms with Gasteiger partial charge in [-0.2, -0.15) is 0 Å². The standard InChI is InChI=1S/C14H13N3O/c18-10-12-6-7-14-13(8-12)15-16-17(14)9-11-4-2-1-3-5-11/h1-8,18H,9-10H2. The smallest absolute Gasteiger partial charge is 0.113 e. The third-order valence-corrected chi connectivity index (χ3v) is 2.94. The van der Waals surface area contributed by atoms with Gasteiger partial charge in [0, 0.05) is 0 Å². The SMILES string of the molecule is OCc1ccc2c(c1)nnn2Cc1ccccc1. The van der Waals surface area contributed by atoms with Gasteiger partial charge in [-0.25, -0.2) is 4.68 Å². The van der Waals surface area contributed by atoms with Crippen molar-refractivity contribution in [1.29, 1.82) is 0 Å². The van der Waals surface area contributed by atoms with E-state index in [1.807, 2.05) is 41.1 Å². The molecule has 3 rings (SSSR count). The molecule has 0 radical (unpaired) electrons. The van der Waals surface area contributed by atoms with Gasteiger partial charge >= 0.3 is 0 Å². The van der Waals surface area contributed by atoms with Crippen LogP contribution < -0.4 is 0 Å². The molecule has 4 nitrogen and oxygen atoms in total. The van der Waals surface area contributed by atoms with E-state index in [1.165, 1.54) is 5.56 Å². The first-order chi connectivity index (χ1) is 8.86. The van der Waals surface area contributed by atoms with Crippen molar-refractivity contribution >= 4 is 11.0 Å². The molecule has 0 atom stereocenters. The highest BCUT2D eigenvalue weighted by molar-refractivity contribution is 5.75. The van der Waals surface area contributed by atoms with Crippen LogP contribution in [0, 0.1) is 0 Å². The molecule has 0 fully saturated rings. The van der Waals surface area contributed by atoms with Crippen LogP contribution in [0.2, 0.25) is 0 Å². The molecule has 1 heterocycles. The van der Waals surface area contributed by atoms with Crippen molar-refractivity contribution < 1.29 is 5.11 Å². The Morgan fingerprint density at radius 1 is 1.00 bits per heavy atom. The van der Waals surface area contributed by atoms with E-state index < -0.39 is 0 Å². The molecule has 0 aliphatic rings. The van der Waals surface area contributed by atoms with E-state index >= 15 is 0 Å². The number of nitrogens with zero attached hydrogens (tertiary/aromatic N) is 3. The Balaban J connectivity index is 1.98. The van der Waals surface area contributed by atoms with Gasteiger partial charge in [-0.15, -0.1) is 5.10 Å². The normalized spacial score (nSPS) is 10.9. The third-order valence-electron chi connectivity index (χ3n) is 2.94. The zero-order chi connectivity index (χ0) is 12.4. The van der Waals surface area contributed by atoms with Crippen molar-refractivity contribution in [3.05, 3.63) is 59.7 Å². The Hall–Kier alpha value is -2.20. The summed E-state index contributed by atoms with van der Waals surface area (Å²) in [5.74, 6) is 0. The van der Waals surface area contributed by atoms with Gasteiger partial charge in [0.1, 0.15) is 5.52 Å². The van der Waals surface area contributed by atoms with Gasteiger partial charge in [0.15, 0.2) is 0 Å². The summed E-state index contributed by atoms with van der Waals surface area (Å²) in [5.41, 5.74) is 3.85. The molecule has 2 aromatic carbocycles. The molecule has 0 spiro atoms. The summed E-state index contributed by atoms with van der Waals surface area (Å²) >= 11 is 0. The number of rotatable bonds is 3. The summed E-state index contributed by atoms with van der Waals surface area (Å²) in [6.45, 7) is 0.733. The minimum atomic E-state index is 0.0293. The van der Waals surface area contributed by atoms with Crippen LogP contribution in [-0.2, 0) is 13.2 Å². The summed E-state index contributed by atoms with van der Waals surface area (Å²) in [5, 5.41) is 17.4. The third kappa shape index (κ3) is 1.98. The molecule has 0 aliphatic carbocycles. The molecule has 3 aromatic rings. The molecule has 90 valence electrons. The van der Waals surface area contributed by atoms with Gasteiger partial charge in [-0.05, 0) is 23.3 Å². The maximum atomic E-state index is 9.08. The fraction of sp³-hybridized carbons (Fsp3) is 0.143. The van der Waals surface area contributed by atoms with Crippen LogP contribution in [0.5, 0.6) is 0 Å². The molecular weight excluding hydrogens is 226 g/mol. The quantitative estimate of drug-likeness (QED) is 0.760. The lowest BCUT2D eigenvalue weighted by Gasteiger charge is -2.02. The number of hydrogen-bond donors (Lipinski definition) is 1. The van der Waals surface area contributed by atoms with Crippen LogP contribution in [0.1, 0.15) is 11.1 Å². The Morgan fingerprint density at radius 3 is 2.61 bits per heavy atom. The summed E-state index contributed by atoms with van der Waals surface area (Å²) in [6.07, 6.45) is 0. The second-order valence-electron chi connectivity index (χ2n) is 4.21. The Morgan fingerprint density at radius 2 is 1.83 bits per heavy atom. The summed E-state index contributed by atoms with van der Waals surface area (Å²) in [7, 11) is 0. The Bertz CT molecular complexity index is 661. The molecule has 0 unspecified atom stereocenters. The van der Waals surface area contributed by atoms with E-state index in [1.54, 1.807) is 0 Å². The molecule has 1 aromatic heterocycles. The van der Waals surface area contributed by atoms with Crippen molar-refractivity contribution in [3.63, 3.8) is 0 Å². The Labute approximate surface area is 104 Å². The average molecular weight is 239 g/mol. The van der Waals surface area contributed by atoms with Gasteiger partial charge in [0.05, 0.1) is 18.7 Å². The predicted octanol–water partition coefficient (Wildman–Crippen LogP) is 1.97. The maximum absolute atomic E-state index is 9.08. The van der Waals surface area contributed by atoms with Crippen LogP contribution in [-0.4, -0.2) is 20.1 Å². The van der Waals surface area contributed by atoms with Crippen LogP contribution >= 0.6 is 0 Å². The lowest BCUT2D eigenvalue weighted by molar-refractivity contribution is 0.282. The van der Waals surface area contributed by atoms with Crippen molar-refractivity contribution in [1.82, 2.24) is 15.0 Å². The number of aromatic nitrogens is 3. The van der Waals surface area contributed by atoms with Crippen molar-refractivity contribution in [3.8, 4) is 0 Å². The van der Waals surface area contributed by atoms with E-state index in [4.69, 9.17) is 5.11 Å². The molecule has 0 saturated carbocycles. The lowest BCUT2D eigenvalue weighted by atomic mass is 10.2. The van der Waals surface area contributed by atoms with Gasteiger partial charge < -0.3 is 5.11 Å². The molecule has 1 N–H and O–H groups in total. The molecule has 0 amide bonds. The highest BCUT2D eigenvalue weighted by Gasteiger charge is 2.05. The molecule has 0 saturated heterocycles. The number of fused-ring (bicyclic) bond motifs is 1. The largest absolute Gasteiger partial charge is 0.392 e. The average Bonchev–Trinajstić information content (AvgIpc) is 2.82. The van der Waals surface area contributed by atoms with Crippen molar-refractivity contribution in [2.75, 3.05) is 0 Å². The first-order valence-corrected chi connectivity index (χ1v) is 5.84. The molecular formula is C14H13N3O. The zero-order valence-electron chi connectivity index (χ0n) is 9.82. The predicted molar refractivity (Wildman–Crippen MR) is 69.0 cm³/mol. The number of benzene rings is 2. The number of aliphatic hydroxyl groups is 1. The van der Waals surface area contributed by atoms with Gasteiger partial charge in [-0.1, -0.05) is 41.6 Å². The fourth-order valence-electron chi connectivity index (χ4n) is 1.99. The van der Waals surface area contributed by atoms with E-state index in [-0.39, 0.29) is 6.61 Å². The lowest BCUT2D eigenvalue weighted by Crippen LogP contribution is -2.01. The summed E-state index contributed by atoms with van der Waals surface area (Å²) < 4.78 is 1.87. The second kappa shape index (κ2) is 4.58. The fourth-order valence-corrected chi connectivity index (χ4v) is 1.99. The van der Waals surface area contributed by atoms with E-state index in [0.717, 1.165) is 16.6 Å². The summed E-state index contributed by atoms with van der Waals surface area (Å²) in [6, 6.07) is 15.9. The summed E-state index contributed by atoms with van der Waals surface area (Å²) in [4.78, 5) is 0. The molecule has 0 bridgehead atoms.